The van der Waals surface area contributed by atoms with E-state index < -0.39 is 0 Å². The Morgan fingerprint density at radius 1 is 1.19 bits per heavy atom. The van der Waals surface area contributed by atoms with E-state index in [9.17, 15) is 0 Å². The zero-order valence-corrected chi connectivity index (χ0v) is 9.36. The number of nitrogens with zero attached hydrogens (tertiary/aromatic N) is 1. The summed E-state index contributed by atoms with van der Waals surface area (Å²) < 4.78 is 10.5. The molecule has 1 aromatic carbocycles. The quantitative estimate of drug-likeness (QED) is 0.852. The van der Waals surface area contributed by atoms with E-state index >= 15 is 0 Å². The van der Waals surface area contributed by atoms with Gasteiger partial charge in [0, 0.05) is 17.3 Å². The molecule has 2 rings (SSSR count). The molecule has 0 aliphatic rings. The minimum absolute atomic E-state index is 0.379. The molecule has 1 aromatic heterocycles. The maximum absolute atomic E-state index is 5.60. The number of benzene rings is 1. The Labute approximate surface area is 94.0 Å². The molecule has 0 saturated carbocycles. The number of pyridine rings is 1. The van der Waals surface area contributed by atoms with Crippen molar-refractivity contribution in [1.82, 2.24) is 4.98 Å². The lowest BCUT2D eigenvalue weighted by Crippen LogP contribution is -2.02. The summed E-state index contributed by atoms with van der Waals surface area (Å²) in [5.74, 6) is 1.38. The second kappa shape index (κ2) is 4.37. The van der Waals surface area contributed by atoms with Gasteiger partial charge in [-0.1, -0.05) is 6.07 Å². The van der Waals surface area contributed by atoms with E-state index in [2.05, 4.69) is 4.98 Å². The first kappa shape index (κ1) is 10.7. The molecule has 84 valence electrons. The summed E-state index contributed by atoms with van der Waals surface area (Å²) in [6.45, 7) is 0.379. The molecule has 0 unspecified atom stereocenters. The highest BCUT2D eigenvalue weighted by molar-refractivity contribution is 5.92. The summed E-state index contributed by atoms with van der Waals surface area (Å²) in [4.78, 5) is 4.31. The molecule has 0 bridgehead atoms. The van der Waals surface area contributed by atoms with Gasteiger partial charge in [0.05, 0.1) is 19.9 Å². The van der Waals surface area contributed by atoms with Gasteiger partial charge < -0.3 is 15.2 Å². The molecule has 1 heterocycles. The Kier molecular flexibility index (Phi) is 2.92. The van der Waals surface area contributed by atoms with Gasteiger partial charge in [-0.2, -0.15) is 0 Å². The Balaban J connectivity index is 2.78. The molecular weight excluding hydrogens is 204 g/mol. The van der Waals surface area contributed by atoms with E-state index in [1.54, 1.807) is 14.2 Å². The highest BCUT2D eigenvalue weighted by atomic mass is 16.5. The highest BCUT2D eigenvalue weighted by Gasteiger charge is 2.09. The Morgan fingerprint density at radius 2 is 2.00 bits per heavy atom. The molecule has 2 N–H and O–H groups in total. The van der Waals surface area contributed by atoms with Crippen molar-refractivity contribution in [3.05, 3.63) is 30.0 Å². The van der Waals surface area contributed by atoms with Crippen molar-refractivity contribution in [2.45, 2.75) is 6.54 Å². The minimum Gasteiger partial charge on any atom is -0.496 e. The van der Waals surface area contributed by atoms with Crippen molar-refractivity contribution in [3.8, 4) is 11.6 Å². The third kappa shape index (κ3) is 1.67. The molecule has 0 amide bonds. The highest BCUT2D eigenvalue weighted by Crippen LogP contribution is 2.31. The van der Waals surface area contributed by atoms with Gasteiger partial charge in [-0.3, -0.25) is 0 Å². The number of fused-ring (bicyclic) bond motifs is 1. The number of nitrogens with two attached hydrogens (primary N) is 1. The molecule has 16 heavy (non-hydrogen) atoms. The van der Waals surface area contributed by atoms with Crippen LogP contribution in [0.2, 0.25) is 0 Å². The maximum atomic E-state index is 5.60. The molecule has 4 nitrogen and oxygen atoms in total. The Bertz CT molecular complexity index is 512. The van der Waals surface area contributed by atoms with Crippen LogP contribution in [0.15, 0.2) is 24.3 Å². The standard InChI is InChI=1S/C12H14N2O2/c1-15-11-5-3-4-9-10(11)6-8(7-13)14-12(9)16-2/h3-6H,7,13H2,1-2H3. The van der Waals surface area contributed by atoms with E-state index in [0.717, 1.165) is 22.2 Å². The van der Waals surface area contributed by atoms with Crippen LogP contribution in [-0.4, -0.2) is 19.2 Å². The van der Waals surface area contributed by atoms with Gasteiger partial charge in [0.2, 0.25) is 5.88 Å². The van der Waals surface area contributed by atoms with Crippen LogP contribution < -0.4 is 15.2 Å². The van der Waals surface area contributed by atoms with Gasteiger partial charge >= 0.3 is 0 Å². The van der Waals surface area contributed by atoms with Gasteiger partial charge in [0.1, 0.15) is 5.75 Å². The summed E-state index contributed by atoms with van der Waals surface area (Å²) in [6.07, 6.45) is 0. The molecule has 0 radical (unpaired) electrons. The summed E-state index contributed by atoms with van der Waals surface area (Å²) in [7, 11) is 3.24. The predicted octanol–water partition coefficient (Wildman–Crippen LogP) is 1.71. The van der Waals surface area contributed by atoms with E-state index in [-0.39, 0.29) is 0 Å². The van der Waals surface area contributed by atoms with Gasteiger partial charge in [-0.15, -0.1) is 0 Å². The molecule has 0 saturated heterocycles. The average molecular weight is 218 g/mol. The lowest BCUT2D eigenvalue weighted by molar-refractivity contribution is 0.400. The average Bonchev–Trinajstić information content (AvgIpc) is 2.36. The Morgan fingerprint density at radius 3 is 2.62 bits per heavy atom. The zero-order valence-electron chi connectivity index (χ0n) is 9.36. The van der Waals surface area contributed by atoms with Crippen molar-refractivity contribution >= 4 is 10.8 Å². The SMILES string of the molecule is COc1cccc2c(OC)nc(CN)cc12. The monoisotopic (exact) mass is 218 g/mol. The second-order valence-electron chi connectivity index (χ2n) is 3.38. The number of rotatable bonds is 3. The second-order valence-corrected chi connectivity index (χ2v) is 3.38. The van der Waals surface area contributed by atoms with Crippen LogP contribution in [0.5, 0.6) is 11.6 Å². The number of hydrogen-bond acceptors (Lipinski definition) is 4. The van der Waals surface area contributed by atoms with Crippen molar-refractivity contribution in [1.29, 1.82) is 0 Å². The lowest BCUT2D eigenvalue weighted by atomic mass is 10.1. The molecular formula is C12H14N2O2. The van der Waals surface area contributed by atoms with Gasteiger partial charge in [-0.25, -0.2) is 4.98 Å². The third-order valence-corrected chi connectivity index (χ3v) is 2.48. The van der Waals surface area contributed by atoms with E-state index in [0.29, 0.717) is 12.4 Å². The first-order valence-electron chi connectivity index (χ1n) is 5.01. The first-order chi connectivity index (χ1) is 7.80. The van der Waals surface area contributed by atoms with Crippen LogP contribution in [0.3, 0.4) is 0 Å². The van der Waals surface area contributed by atoms with Gasteiger partial charge in [-0.05, 0) is 18.2 Å². The zero-order chi connectivity index (χ0) is 11.5. The summed E-state index contributed by atoms with van der Waals surface area (Å²) >= 11 is 0. The largest absolute Gasteiger partial charge is 0.496 e. The summed E-state index contributed by atoms with van der Waals surface area (Å²) in [5, 5.41) is 1.90. The van der Waals surface area contributed by atoms with Crippen molar-refractivity contribution in [2.24, 2.45) is 5.73 Å². The Hall–Kier alpha value is -1.81. The first-order valence-corrected chi connectivity index (χ1v) is 5.01. The molecule has 0 fully saturated rings. The van der Waals surface area contributed by atoms with E-state index in [4.69, 9.17) is 15.2 Å². The fourth-order valence-electron chi connectivity index (χ4n) is 1.71. The molecule has 0 atom stereocenters. The number of methoxy groups -OCH3 is 2. The van der Waals surface area contributed by atoms with Crippen molar-refractivity contribution in [2.75, 3.05) is 14.2 Å². The fourth-order valence-corrected chi connectivity index (χ4v) is 1.71. The van der Waals surface area contributed by atoms with Crippen molar-refractivity contribution < 1.29 is 9.47 Å². The summed E-state index contributed by atoms with van der Waals surface area (Å²) in [6, 6.07) is 7.69. The number of ether oxygens (including phenoxy) is 2. The minimum atomic E-state index is 0.379. The molecule has 0 spiro atoms. The van der Waals surface area contributed by atoms with Crippen LogP contribution in [0.25, 0.3) is 10.8 Å². The topological polar surface area (TPSA) is 57.4 Å². The predicted molar refractivity (Wildman–Crippen MR) is 62.7 cm³/mol. The van der Waals surface area contributed by atoms with Gasteiger partial charge in [0.25, 0.3) is 0 Å². The van der Waals surface area contributed by atoms with E-state index in [1.807, 2.05) is 24.3 Å². The normalized spacial score (nSPS) is 10.4. The maximum Gasteiger partial charge on any atom is 0.221 e. The van der Waals surface area contributed by atoms with Crippen LogP contribution in [0.1, 0.15) is 5.69 Å². The third-order valence-electron chi connectivity index (χ3n) is 2.48. The van der Waals surface area contributed by atoms with Crippen LogP contribution in [-0.2, 0) is 6.54 Å². The molecule has 2 aromatic rings. The van der Waals surface area contributed by atoms with Crippen LogP contribution in [0.4, 0.5) is 0 Å². The fraction of sp³-hybridized carbons (Fsp3) is 0.250. The molecule has 0 aliphatic carbocycles. The van der Waals surface area contributed by atoms with Crippen LogP contribution in [0, 0.1) is 0 Å². The van der Waals surface area contributed by atoms with Gasteiger partial charge in [0.15, 0.2) is 0 Å². The number of aromatic nitrogens is 1. The molecule has 0 aliphatic heterocycles. The number of hydrogen-bond donors (Lipinski definition) is 1. The molecule has 4 heteroatoms. The van der Waals surface area contributed by atoms with E-state index in [1.165, 1.54) is 0 Å². The smallest absolute Gasteiger partial charge is 0.221 e. The lowest BCUT2D eigenvalue weighted by Gasteiger charge is -2.10. The van der Waals surface area contributed by atoms with Crippen molar-refractivity contribution in [3.63, 3.8) is 0 Å². The summed E-state index contributed by atoms with van der Waals surface area (Å²) in [5.41, 5.74) is 6.38. The van der Waals surface area contributed by atoms with Crippen LogP contribution >= 0.6 is 0 Å².